The number of hydrogen-bond acceptors (Lipinski definition) is 7. The van der Waals surface area contributed by atoms with Gasteiger partial charge < -0.3 is 23.4 Å². The van der Waals surface area contributed by atoms with Crippen molar-refractivity contribution >= 4 is 17.1 Å². The van der Waals surface area contributed by atoms with Crippen LogP contribution in [-0.4, -0.2) is 50.6 Å². The molecule has 0 fully saturated rings. The van der Waals surface area contributed by atoms with E-state index in [0.717, 1.165) is 22.7 Å². The highest BCUT2D eigenvalue weighted by molar-refractivity contribution is 5.81. The van der Waals surface area contributed by atoms with Crippen molar-refractivity contribution in [3.8, 4) is 17.2 Å². The Morgan fingerprint density at radius 2 is 1.62 bits per heavy atom. The number of esters is 1. The molecule has 3 rings (SSSR count). The van der Waals surface area contributed by atoms with Gasteiger partial charge in [-0.15, -0.1) is 0 Å². The average molecular weight is 397 g/mol. The van der Waals surface area contributed by atoms with Crippen LogP contribution < -0.4 is 4.74 Å². The number of oxazole rings is 1. The third-order valence-corrected chi connectivity index (χ3v) is 3.91. The molecule has 0 unspecified atom stereocenters. The molecular weight excluding hydrogens is 374 g/mol. The van der Waals surface area contributed by atoms with E-state index in [9.17, 15) is 4.79 Å². The molecule has 0 aliphatic carbocycles. The summed E-state index contributed by atoms with van der Waals surface area (Å²) >= 11 is 0. The summed E-state index contributed by atoms with van der Waals surface area (Å²) in [6.45, 7) is 5.45. The number of rotatable bonds is 12. The Kier molecular flexibility index (Phi) is 7.80. The molecule has 7 heteroatoms. The Balaban J connectivity index is 1.38. The van der Waals surface area contributed by atoms with Crippen LogP contribution in [0, 0.1) is 0 Å². The number of fused-ring (bicyclic) bond motifs is 1. The van der Waals surface area contributed by atoms with Crippen LogP contribution in [0.1, 0.15) is 0 Å². The zero-order chi connectivity index (χ0) is 20.3. The van der Waals surface area contributed by atoms with Crippen LogP contribution in [0.4, 0.5) is 0 Å². The lowest BCUT2D eigenvalue weighted by Crippen LogP contribution is -2.13. The molecule has 29 heavy (non-hydrogen) atoms. The van der Waals surface area contributed by atoms with Crippen molar-refractivity contribution in [1.29, 1.82) is 0 Å². The third-order valence-electron chi connectivity index (χ3n) is 3.91. The molecule has 2 aromatic carbocycles. The summed E-state index contributed by atoms with van der Waals surface area (Å²) in [5.74, 6) is 0.747. The molecule has 0 aliphatic heterocycles. The van der Waals surface area contributed by atoms with E-state index in [-0.39, 0.29) is 6.61 Å². The van der Waals surface area contributed by atoms with Crippen LogP contribution >= 0.6 is 0 Å². The topological polar surface area (TPSA) is 80.0 Å². The summed E-state index contributed by atoms with van der Waals surface area (Å²) in [5, 5.41) is 0. The van der Waals surface area contributed by atoms with E-state index in [1.165, 1.54) is 0 Å². The van der Waals surface area contributed by atoms with E-state index in [1.807, 2.05) is 48.5 Å². The number of nitrogens with zero attached hydrogens (tertiary/aromatic N) is 1. The van der Waals surface area contributed by atoms with Crippen molar-refractivity contribution in [3.63, 3.8) is 0 Å². The molecule has 1 aromatic heterocycles. The largest absolute Gasteiger partial charge is 0.490 e. The summed E-state index contributed by atoms with van der Waals surface area (Å²) in [6.07, 6.45) is 1.12. The highest BCUT2D eigenvalue weighted by Crippen LogP contribution is 2.31. The van der Waals surface area contributed by atoms with Gasteiger partial charge in [-0.3, -0.25) is 0 Å². The smallest absolute Gasteiger partial charge is 0.330 e. The van der Waals surface area contributed by atoms with Gasteiger partial charge in [-0.2, -0.15) is 0 Å². The van der Waals surface area contributed by atoms with Crippen LogP contribution in [0.3, 0.4) is 0 Å². The minimum Gasteiger partial charge on any atom is -0.490 e. The van der Waals surface area contributed by atoms with E-state index in [1.54, 1.807) is 0 Å². The molecule has 152 valence electrons. The van der Waals surface area contributed by atoms with E-state index in [4.69, 9.17) is 23.4 Å². The molecule has 0 atom stereocenters. The second kappa shape index (κ2) is 11.0. The van der Waals surface area contributed by atoms with Crippen molar-refractivity contribution in [2.75, 3.05) is 39.6 Å². The summed E-state index contributed by atoms with van der Waals surface area (Å²) in [6, 6.07) is 15.2. The monoisotopic (exact) mass is 397 g/mol. The van der Waals surface area contributed by atoms with Gasteiger partial charge in [-0.25, -0.2) is 9.78 Å². The third kappa shape index (κ3) is 6.17. The number of benzene rings is 2. The molecule has 0 bridgehead atoms. The average Bonchev–Trinajstić information content (AvgIpc) is 3.19. The van der Waals surface area contributed by atoms with Crippen LogP contribution in [-0.2, 0) is 19.0 Å². The highest BCUT2D eigenvalue weighted by atomic mass is 16.6. The molecule has 0 saturated carbocycles. The van der Waals surface area contributed by atoms with Gasteiger partial charge in [-0.05, 0) is 24.3 Å². The zero-order valence-electron chi connectivity index (χ0n) is 16.0. The molecule has 7 nitrogen and oxygen atoms in total. The molecule has 0 N–H and O–H groups in total. The molecule has 0 spiro atoms. The summed E-state index contributed by atoms with van der Waals surface area (Å²) in [4.78, 5) is 15.4. The van der Waals surface area contributed by atoms with Crippen LogP contribution in [0.2, 0.25) is 0 Å². The predicted octanol–water partition coefficient (Wildman–Crippen LogP) is 3.64. The van der Waals surface area contributed by atoms with Gasteiger partial charge in [0.25, 0.3) is 0 Å². The van der Waals surface area contributed by atoms with E-state index < -0.39 is 5.97 Å². The van der Waals surface area contributed by atoms with Gasteiger partial charge in [0.15, 0.2) is 5.58 Å². The first kappa shape index (κ1) is 20.6. The summed E-state index contributed by atoms with van der Waals surface area (Å²) in [5.41, 5.74) is 2.33. The zero-order valence-corrected chi connectivity index (χ0v) is 16.0. The van der Waals surface area contributed by atoms with E-state index >= 15 is 0 Å². The number of carbonyl (C=O) groups is 1. The normalized spacial score (nSPS) is 10.8. The number of hydrogen-bond donors (Lipinski definition) is 0. The van der Waals surface area contributed by atoms with Crippen molar-refractivity contribution < 1.29 is 28.2 Å². The first-order chi connectivity index (χ1) is 14.3. The number of aromatic nitrogens is 1. The molecule has 1 heterocycles. The van der Waals surface area contributed by atoms with Crippen molar-refractivity contribution in [3.05, 3.63) is 61.2 Å². The Morgan fingerprint density at radius 3 is 2.41 bits per heavy atom. The van der Waals surface area contributed by atoms with Gasteiger partial charge in [0, 0.05) is 6.08 Å². The van der Waals surface area contributed by atoms with Gasteiger partial charge in [0.2, 0.25) is 5.89 Å². The van der Waals surface area contributed by atoms with Crippen LogP contribution in [0.25, 0.3) is 22.6 Å². The van der Waals surface area contributed by atoms with Gasteiger partial charge in [-0.1, -0.05) is 30.8 Å². The second-order valence-corrected chi connectivity index (χ2v) is 5.93. The molecule has 0 amide bonds. The molecule has 0 aliphatic rings. The van der Waals surface area contributed by atoms with Crippen LogP contribution in [0.5, 0.6) is 5.75 Å². The lowest BCUT2D eigenvalue weighted by molar-refractivity contribution is -0.139. The Hall–Kier alpha value is -3.16. The summed E-state index contributed by atoms with van der Waals surface area (Å²) < 4.78 is 27.3. The Morgan fingerprint density at radius 1 is 0.931 bits per heavy atom. The van der Waals surface area contributed by atoms with Crippen LogP contribution in [0.15, 0.2) is 65.6 Å². The van der Waals surface area contributed by atoms with Gasteiger partial charge in [0.05, 0.1) is 32.0 Å². The molecule has 3 aromatic rings. The fraction of sp³-hybridized carbons (Fsp3) is 0.273. The predicted molar refractivity (Wildman–Crippen MR) is 108 cm³/mol. The molecule has 0 radical (unpaired) electrons. The fourth-order valence-electron chi connectivity index (χ4n) is 2.55. The molecule has 0 saturated heterocycles. The molecular formula is C22H23NO6. The number of ether oxygens (including phenoxy) is 4. The fourth-order valence-corrected chi connectivity index (χ4v) is 2.55. The van der Waals surface area contributed by atoms with Crippen molar-refractivity contribution in [1.82, 2.24) is 4.98 Å². The lowest BCUT2D eigenvalue weighted by atomic mass is 10.2. The van der Waals surface area contributed by atoms with Gasteiger partial charge in [0.1, 0.15) is 24.5 Å². The Bertz CT molecular complexity index is 903. The minimum absolute atomic E-state index is 0.195. The van der Waals surface area contributed by atoms with Gasteiger partial charge >= 0.3 is 5.97 Å². The van der Waals surface area contributed by atoms with E-state index in [2.05, 4.69) is 11.6 Å². The maximum absolute atomic E-state index is 10.9. The minimum atomic E-state index is -0.458. The van der Waals surface area contributed by atoms with Crippen molar-refractivity contribution in [2.45, 2.75) is 0 Å². The highest BCUT2D eigenvalue weighted by Gasteiger charge is 2.12. The number of carbonyl (C=O) groups excluding carboxylic acids is 1. The quantitative estimate of drug-likeness (QED) is 0.262. The Labute approximate surface area is 168 Å². The first-order valence-corrected chi connectivity index (χ1v) is 9.30. The lowest BCUT2D eigenvalue weighted by Gasteiger charge is -2.10. The van der Waals surface area contributed by atoms with Crippen molar-refractivity contribution in [2.24, 2.45) is 0 Å². The number of para-hydroxylation sites is 3. The second-order valence-electron chi connectivity index (χ2n) is 5.93. The maximum Gasteiger partial charge on any atom is 0.330 e. The standard InChI is InChI=1S/C22H23NO6/c1-2-21(24)28-16-14-26-12-11-25-13-15-27-19-9-5-3-7-17(19)22-23-18-8-4-6-10-20(18)29-22/h2-10H,1,11-16H2. The summed E-state index contributed by atoms with van der Waals surface area (Å²) in [7, 11) is 0. The first-order valence-electron chi connectivity index (χ1n) is 9.30. The van der Waals surface area contributed by atoms with E-state index in [0.29, 0.717) is 44.7 Å². The maximum atomic E-state index is 10.9. The SMILES string of the molecule is C=CC(=O)OCCOCCOCCOc1ccccc1-c1nc2ccccc2o1.